The van der Waals surface area contributed by atoms with Gasteiger partial charge in [-0.05, 0) is 38.1 Å². The lowest BCUT2D eigenvalue weighted by atomic mass is 10.1. The molecular formula is C20H20O6. The number of aryl methyl sites for hydroxylation is 2. The van der Waals surface area contributed by atoms with E-state index in [2.05, 4.69) is 4.74 Å². The average Bonchev–Trinajstić information content (AvgIpc) is 2.64. The summed E-state index contributed by atoms with van der Waals surface area (Å²) in [6, 6.07) is 13.6. The Morgan fingerprint density at radius 1 is 0.885 bits per heavy atom. The third kappa shape index (κ3) is 5.17. The summed E-state index contributed by atoms with van der Waals surface area (Å²) in [5, 5.41) is 0. The first-order valence-corrected chi connectivity index (χ1v) is 8.00. The molecule has 0 heterocycles. The van der Waals surface area contributed by atoms with Crippen molar-refractivity contribution < 1.29 is 28.6 Å². The fraction of sp³-hybridized carbons (Fsp3) is 0.250. The van der Waals surface area contributed by atoms with E-state index >= 15 is 0 Å². The molecule has 2 rings (SSSR count). The van der Waals surface area contributed by atoms with Gasteiger partial charge in [0.1, 0.15) is 6.61 Å². The summed E-state index contributed by atoms with van der Waals surface area (Å²) in [6.07, 6.45) is -1.35. The van der Waals surface area contributed by atoms with Crippen molar-refractivity contribution in [2.75, 3.05) is 13.7 Å². The van der Waals surface area contributed by atoms with Gasteiger partial charge in [-0.15, -0.1) is 0 Å². The van der Waals surface area contributed by atoms with E-state index in [1.807, 2.05) is 26.0 Å². The minimum atomic E-state index is -1.35. The molecule has 136 valence electrons. The van der Waals surface area contributed by atoms with Gasteiger partial charge in [-0.2, -0.15) is 0 Å². The van der Waals surface area contributed by atoms with Crippen LogP contribution in [0.1, 0.15) is 31.8 Å². The molecule has 0 unspecified atom stereocenters. The summed E-state index contributed by atoms with van der Waals surface area (Å²) in [5.41, 5.74) is 2.41. The molecule has 2 aromatic rings. The molecule has 0 bridgehead atoms. The normalized spacial score (nSPS) is 11.3. The Labute approximate surface area is 151 Å². The van der Waals surface area contributed by atoms with Crippen LogP contribution in [-0.2, 0) is 19.0 Å². The summed E-state index contributed by atoms with van der Waals surface area (Å²) >= 11 is 0. The molecule has 0 fully saturated rings. The summed E-state index contributed by atoms with van der Waals surface area (Å²) in [5.74, 6) is -2.12. The number of carbonyl (C=O) groups excluding carboxylic acids is 3. The van der Waals surface area contributed by atoms with Gasteiger partial charge in [-0.25, -0.2) is 14.4 Å². The van der Waals surface area contributed by atoms with Crippen molar-refractivity contribution in [2.45, 2.75) is 20.0 Å². The van der Waals surface area contributed by atoms with Crippen molar-refractivity contribution in [1.82, 2.24) is 0 Å². The van der Waals surface area contributed by atoms with Crippen molar-refractivity contribution >= 4 is 17.9 Å². The first kappa shape index (κ1) is 19.2. The molecule has 0 saturated heterocycles. The molecule has 2 aromatic carbocycles. The zero-order valence-corrected chi connectivity index (χ0v) is 14.9. The number of carbonyl (C=O) groups is 3. The van der Waals surface area contributed by atoms with Crippen LogP contribution in [0.2, 0.25) is 0 Å². The molecule has 0 spiro atoms. The molecule has 0 aliphatic rings. The van der Waals surface area contributed by atoms with Crippen LogP contribution in [-0.4, -0.2) is 37.7 Å². The van der Waals surface area contributed by atoms with Crippen molar-refractivity contribution in [1.29, 1.82) is 0 Å². The fourth-order valence-electron chi connectivity index (χ4n) is 2.26. The lowest BCUT2D eigenvalue weighted by Gasteiger charge is -2.16. The Kier molecular flexibility index (Phi) is 6.49. The second kappa shape index (κ2) is 8.80. The van der Waals surface area contributed by atoms with Crippen molar-refractivity contribution in [3.63, 3.8) is 0 Å². The van der Waals surface area contributed by atoms with Gasteiger partial charge < -0.3 is 14.2 Å². The topological polar surface area (TPSA) is 78.9 Å². The molecule has 0 N–H and O–H groups in total. The third-order valence-electron chi connectivity index (χ3n) is 3.59. The van der Waals surface area contributed by atoms with Crippen LogP contribution in [0.5, 0.6) is 0 Å². The van der Waals surface area contributed by atoms with Gasteiger partial charge in [0.05, 0.1) is 18.2 Å². The van der Waals surface area contributed by atoms with E-state index in [1.54, 1.807) is 36.4 Å². The zero-order valence-electron chi connectivity index (χ0n) is 14.9. The van der Waals surface area contributed by atoms with Crippen LogP contribution < -0.4 is 0 Å². The Hall–Kier alpha value is -3.15. The van der Waals surface area contributed by atoms with Crippen molar-refractivity contribution in [3.05, 3.63) is 70.8 Å². The lowest BCUT2D eigenvalue weighted by molar-refractivity contribution is -0.153. The van der Waals surface area contributed by atoms with Gasteiger partial charge in [0.2, 0.25) is 6.10 Å². The molecule has 1 atom stereocenters. The Balaban J connectivity index is 2.04. The van der Waals surface area contributed by atoms with Gasteiger partial charge in [0.25, 0.3) is 0 Å². The molecule has 6 heteroatoms. The number of rotatable bonds is 6. The predicted molar refractivity (Wildman–Crippen MR) is 93.9 cm³/mol. The largest absolute Gasteiger partial charge is 0.466 e. The molecule has 0 aromatic heterocycles. The first-order chi connectivity index (χ1) is 12.4. The quantitative estimate of drug-likeness (QED) is 0.585. The number of benzene rings is 2. The average molecular weight is 356 g/mol. The molecule has 0 radical (unpaired) electrons. The van der Waals surface area contributed by atoms with Crippen LogP contribution in [0.3, 0.4) is 0 Å². The highest BCUT2D eigenvalue weighted by Crippen LogP contribution is 2.10. The first-order valence-electron chi connectivity index (χ1n) is 8.00. The van der Waals surface area contributed by atoms with Gasteiger partial charge >= 0.3 is 17.9 Å². The number of hydrogen-bond donors (Lipinski definition) is 0. The predicted octanol–water partition coefficient (Wildman–Crippen LogP) is 2.86. The summed E-state index contributed by atoms with van der Waals surface area (Å²) in [7, 11) is 1.16. The molecule has 0 saturated carbocycles. The van der Waals surface area contributed by atoms with E-state index in [-0.39, 0.29) is 0 Å². The Morgan fingerprint density at radius 2 is 1.42 bits per heavy atom. The van der Waals surface area contributed by atoms with E-state index in [0.29, 0.717) is 11.1 Å². The number of methoxy groups -OCH3 is 1. The zero-order chi connectivity index (χ0) is 19.1. The molecule has 0 aliphatic carbocycles. The van der Waals surface area contributed by atoms with E-state index in [9.17, 15) is 14.4 Å². The van der Waals surface area contributed by atoms with Gasteiger partial charge in [0, 0.05) is 0 Å². The highest BCUT2D eigenvalue weighted by molar-refractivity contribution is 5.92. The van der Waals surface area contributed by atoms with Gasteiger partial charge in [-0.3, -0.25) is 0 Å². The second-order valence-electron chi connectivity index (χ2n) is 5.75. The van der Waals surface area contributed by atoms with E-state index in [0.717, 1.165) is 18.2 Å². The lowest BCUT2D eigenvalue weighted by Crippen LogP contribution is -2.34. The van der Waals surface area contributed by atoms with Crippen LogP contribution in [0.25, 0.3) is 0 Å². The van der Waals surface area contributed by atoms with E-state index in [4.69, 9.17) is 9.47 Å². The van der Waals surface area contributed by atoms with Crippen molar-refractivity contribution in [3.8, 4) is 0 Å². The van der Waals surface area contributed by atoms with E-state index < -0.39 is 30.6 Å². The minimum absolute atomic E-state index is 0.295. The summed E-state index contributed by atoms with van der Waals surface area (Å²) in [4.78, 5) is 36.2. The molecule has 0 aliphatic heterocycles. The minimum Gasteiger partial charge on any atom is -0.466 e. The number of esters is 3. The van der Waals surface area contributed by atoms with E-state index in [1.165, 1.54) is 0 Å². The fourth-order valence-corrected chi connectivity index (χ4v) is 2.26. The second-order valence-corrected chi connectivity index (χ2v) is 5.75. The van der Waals surface area contributed by atoms with Gasteiger partial charge in [0.15, 0.2) is 0 Å². The summed E-state index contributed by atoms with van der Waals surface area (Å²) < 4.78 is 14.9. The number of ether oxygens (including phenoxy) is 3. The molecule has 6 nitrogen and oxygen atoms in total. The highest BCUT2D eigenvalue weighted by atomic mass is 16.6. The van der Waals surface area contributed by atoms with Crippen LogP contribution in [0.15, 0.2) is 48.5 Å². The monoisotopic (exact) mass is 356 g/mol. The van der Waals surface area contributed by atoms with Crippen LogP contribution in [0, 0.1) is 13.8 Å². The molecular weight excluding hydrogens is 336 g/mol. The number of hydrogen-bond acceptors (Lipinski definition) is 6. The standard InChI is InChI=1S/C20H20O6/c1-13-6-4-8-15(10-13)18(21)25-12-17(20(23)24-3)26-19(22)16-9-5-7-14(2)11-16/h4-11,17H,12H2,1-3H3/t17-/m1/s1. The van der Waals surface area contributed by atoms with Crippen LogP contribution >= 0.6 is 0 Å². The van der Waals surface area contributed by atoms with Crippen molar-refractivity contribution in [2.24, 2.45) is 0 Å². The third-order valence-corrected chi connectivity index (χ3v) is 3.59. The summed E-state index contributed by atoms with van der Waals surface area (Å²) in [6.45, 7) is 3.24. The Morgan fingerprint density at radius 3 is 1.92 bits per heavy atom. The molecule has 26 heavy (non-hydrogen) atoms. The highest BCUT2D eigenvalue weighted by Gasteiger charge is 2.26. The van der Waals surface area contributed by atoms with Crippen LogP contribution in [0.4, 0.5) is 0 Å². The Bertz CT molecular complexity index is 811. The maximum atomic E-state index is 12.2. The van der Waals surface area contributed by atoms with Gasteiger partial charge in [-0.1, -0.05) is 35.4 Å². The maximum Gasteiger partial charge on any atom is 0.350 e. The maximum absolute atomic E-state index is 12.2. The molecule has 0 amide bonds. The SMILES string of the molecule is COC(=O)[C@@H](COC(=O)c1cccc(C)c1)OC(=O)c1cccc(C)c1. The smallest absolute Gasteiger partial charge is 0.350 e.